The molecule has 0 spiro atoms. The molecular weight excluding hydrogens is 384 g/mol. The minimum Gasteiger partial charge on any atom is -0.481 e. The number of rotatable bonds is 7. The van der Waals surface area contributed by atoms with Crippen molar-refractivity contribution in [3.8, 4) is 0 Å². The number of nitrogens with one attached hydrogen (secondary N) is 1. The molecule has 2 aliphatic rings. The molecule has 0 radical (unpaired) electrons. The molecular formula is C22H34N4O4. The van der Waals surface area contributed by atoms with E-state index in [0.717, 1.165) is 16.9 Å². The Morgan fingerprint density at radius 3 is 2.50 bits per heavy atom. The van der Waals surface area contributed by atoms with E-state index in [1.54, 1.807) is 13.1 Å². The van der Waals surface area contributed by atoms with Gasteiger partial charge in [0.05, 0.1) is 30.9 Å². The number of nitrogens with zero attached hydrogens (tertiary/aromatic N) is 2. The maximum atomic E-state index is 11.4. The molecule has 2 fully saturated rings. The summed E-state index contributed by atoms with van der Waals surface area (Å²) >= 11 is 0. The molecule has 30 heavy (non-hydrogen) atoms. The van der Waals surface area contributed by atoms with Crippen LogP contribution in [-0.2, 0) is 14.3 Å². The van der Waals surface area contributed by atoms with Gasteiger partial charge in [-0.15, -0.1) is 0 Å². The van der Waals surface area contributed by atoms with Crippen LogP contribution in [0.3, 0.4) is 0 Å². The van der Waals surface area contributed by atoms with Crippen LogP contribution < -0.4 is 20.9 Å². The van der Waals surface area contributed by atoms with Gasteiger partial charge in [-0.2, -0.15) is 0 Å². The van der Waals surface area contributed by atoms with Crippen LogP contribution in [-0.4, -0.2) is 64.3 Å². The van der Waals surface area contributed by atoms with Crippen LogP contribution in [0.5, 0.6) is 0 Å². The highest BCUT2D eigenvalue weighted by molar-refractivity contribution is 5.81. The van der Waals surface area contributed by atoms with Gasteiger partial charge >= 0.3 is 5.97 Å². The van der Waals surface area contributed by atoms with E-state index in [-0.39, 0.29) is 11.7 Å². The highest BCUT2D eigenvalue weighted by atomic mass is 16.7. The Morgan fingerprint density at radius 1 is 1.30 bits per heavy atom. The van der Waals surface area contributed by atoms with Gasteiger partial charge in [0.15, 0.2) is 6.29 Å². The second-order valence-electron chi connectivity index (χ2n) is 9.54. The highest BCUT2D eigenvalue weighted by Gasteiger charge is 2.45. The Balaban J connectivity index is 1.65. The van der Waals surface area contributed by atoms with Crippen LogP contribution in [0.1, 0.15) is 26.3 Å². The van der Waals surface area contributed by atoms with Gasteiger partial charge in [0.2, 0.25) is 0 Å². The van der Waals surface area contributed by atoms with Gasteiger partial charge in [-0.25, -0.2) is 0 Å². The number of hydrogen-bond donors (Lipinski definition) is 3. The zero-order chi connectivity index (χ0) is 22.1. The fraction of sp³-hybridized carbons (Fsp3) is 0.591. The maximum absolute atomic E-state index is 11.4. The van der Waals surface area contributed by atoms with E-state index in [2.05, 4.69) is 24.1 Å². The lowest BCUT2D eigenvalue weighted by molar-refractivity contribution is -0.217. The second-order valence-corrected chi connectivity index (χ2v) is 9.54. The average molecular weight is 419 g/mol. The lowest BCUT2D eigenvalue weighted by Crippen LogP contribution is -2.59. The normalized spacial score (nSPS) is 21.1. The monoisotopic (exact) mass is 418 g/mol. The quantitative estimate of drug-likeness (QED) is 0.617. The van der Waals surface area contributed by atoms with Crippen molar-refractivity contribution < 1.29 is 19.4 Å². The van der Waals surface area contributed by atoms with Crippen LogP contribution in [0.4, 0.5) is 11.4 Å². The Morgan fingerprint density at radius 2 is 1.93 bits per heavy atom. The number of benzene rings is 1. The SMILES string of the molecule is CN(C)c1cc(N2CC(C)(C(=O)O)C2)ccc1/C(N)=C/NCC1OCC(C)(C)CO1. The van der Waals surface area contributed by atoms with Crippen molar-refractivity contribution in [1.82, 2.24) is 5.32 Å². The molecule has 2 heterocycles. The maximum Gasteiger partial charge on any atom is 0.312 e. The van der Waals surface area contributed by atoms with Gasteiger partial charge in [0, 0.05) is 55.7 Å². The van der Waals surface area contributed by atoms with Crippen molar-refractivity contribution in [3.63, 3.8) is 0 Å². The van der Waals surface area contributed by atoms with Crippen molar-refractivity contribution in [2.24, 2.45) is 16.6 Å². The Labute approximate surface area is 178 Å². The summed E-state index contributed by atoms with van der Waals surface area (Å²) in [7, 11) is 3.93. The number of aliphatic carboxylic acids is 1. The van der Waals surface area contributed by atoms with Crippen LogP contribution in [0.2, 0.25) is 0 Å². The number of anilines is 2. The average Bonchev–Trinajstić information content (AvgIpc) is 2.66. The molecule has 2 saturated heterocycles. The van der Waals surface area contributed by atoms with E-state index in [1.807, 2.05) is 37.2 Å². The first-order valence-corrected chi connectivity index (χ1v) is 10.2. The topological polar surface area (TPSA) is 100 Å². The molecule has 1 aromatic carbocycles. The van der Waals surface area contributed by atoms with Crippen molar-refractivity contribution in [2.45, 2.75) is 27.1 Å². The molecule has 8 nitrogen and oxygen atoms in total. The van der Waals surface area contributed by atoms with Crippen LogP contribution in [0.25, 0.3) is 5.70 Å². The summed E-state index contributed by atoms with van der Waals surface area (Å²) in [5, 5.41) is 12.5. The lowest BCUT2D eigenvalue weighted by atomic mass is 9.81. The molecule has 0 atom stereocenters. The van der Waals surface area contributed by atoms with Gasteiger partial charge in [0.25, 0.3) is 0 Å². The summed E-state index contributed by atoms with van der Waals surface area (Å²) in [4.78, 5) is 15.4. The third-order valence-corrected chi connectivity index (χ3v) is 5.60. The van der Waals surface area contributed by atoms with E-state index in [1.165, 1.54) is 0 Å². The fourth-order valence-electron chi connectivity index (χ4n) is 3.63. The Hall–Kier alpha value is -2.45. The zero-order valence-electron chi connectivity index (χ0n) is 18.6. The molecule has 0 saturated carbocycles. The zero-order valence-corrected chi connectivity index (χ0v) is 18.6. The van der Waals surface area contributed by atoms with Gasteiger partial charge in [0.1, 0.15) is 0 Å². The first-order chi connectivity index (χ1) is 14.0. The minimum absolute atomic E-state index is 0.0477. The summed E-state index contributed by atoms with van der Waals surface area (Å²) in [5.41, 5.74) is 9.20. The molecule has 2 aliphatic heterocycles. The Bertz CT molecular complexity index is 805. The second kappa shape index (κ2) is 8.35. The molecule has 0 amide bonds. The first-order valence-electron chi connectivity index (χ1n) is 10.2. The van der Waals surface area contributed by atoms with Gasteiger partial charge in [-0.1, -0.05) is 13.8 Å². The van der Waals surface area contributed by atoms with E-state index in [4.69, 9.17) is 15.2 Å². The van der Waals surface area contributed by atoms with Crippen molar-refractivity contribution in [3.05, 3.63) is 30.0 Å². The molecule has 0 bridgehead atoms. The molecule has 0 aliphatic carbocycles. The van der Waals surface area contributed by atoms with Gasteiger partial charge < -0.3 is 35.4 Å². The number of ether oxygens (including phenoxy) is 2. The molecule has 1 aromatic rings. The van der Waals surface area contributed by atoms with E-state index < -0.39 is 11.4 Å². The summed E-state index contributed by atoms with van der Waals surface area (Å²) < 4.78 is 11.5. The van der Waals surface area contributed by atoms with Crippen molar-refractivity contribution >= 4 is 23.0 Å². The van der Waals surface area contributed by atoms with Gasteiger partial charge in [-0.05, 0) is 25.1 Å². The fourth-order valence-corrected chi connectivity index (χ4v) is 3.63. The van der Waals surface area contributed by atoms with E-state index in [9.17, 15) is 9.90 Å². The van der Waals surface area contributed by atoms with E-state index >= 15 is 0 Å². The van der Waals surface area contributed by atoms with Crippen LogP contribution in [0, 0.1) is 10.8 Å². The molecule has 3 rings (SSSR count). The number of carbonyl (C=O) groups is 1. The van der Waals surface area contributed by atoms with Gasteiger partial charge in [-0.3, -0.25) is 4.79 Å². The minimum atomic E-state index is -0.754. The number of nitrogens with two attached hydrogens (primary N) is 1. The third kappa shape index (κ3) is 4.82. The molecule has 0 aromatic heterocycles. The molecule has 8 heteroatoms. The first kappa shape index (κ1) is 22.2. The Kier molecular flexibility index (Phi) is 6.19. The predicted octanol–water partition coefficient (Wildman–Crippen LogP) is 1.91. The van der Waals surface area contributed by atoms with E-state index in [0.29, 0.717) is 38.5 Å². The predicted molar refractivity (Wildman–Crippen MR) is 118 cm³/mol. The largest absolute Gasteiger partial charge is 0.481 e. The highest BCUT2D eigenvalue weighted by Crippen LogP contribution is 2.37. The van der Waals surface area contributed by atoms with Crippen LogP contribution >= 0.6 is 0 Å². The standard InChI is InChI=1S/C22H34N4O4/c1-21(2)13-29-19(30-14-21)10-24-9-17(23)16-7-6-15(8-18(16)25(4)5)26-11-22(3,12-26)20(27)28/h6-9,19,24H,10-14,23H2,1-5H3,(H,27,28)/b17-9-. The summed E-state index contributed by atoms with van der Waals surface area (Å²) in [5.74, 6) is -0.754. The van der Waals surface area contributed by atoms with Crippen molar-refractivity contribution in [1.29, 1.82) is 0 Å². The number of hydrogen-bond acceptors (Lipinski definition) is 7. The number of carboxylic acids is 1. The third-order valence-electron chi connectivity index (χ3n) is 5.60. The number of carboxylic acid groups (broad SMARTS) is 1. The molecule has 166 valence electrons. The summed E-state index contributed by atoms with van der Waals surface area (Å²) in [6.07, 6.45) is 1.49. The smallest absolute Gasteiger partial charge is 0.312 e. The van der Waals surface area contributed by atoms with Crippen LogP contribution in [0.15, 0.2) is 24.4 Å². The summed E-state index contributed by atoms with van der Waals surface area (Å²) in [6, 6.07) is 6.01. The summed E-state index contributed by atoms with van der Waals surface area (Å²) in [6.45, 7) is 8.87. The molecule has 0 unspecified atom stereocenters. The molecule has 4 N–H and O–H groups in total. The lowest BCUT2D eigenvalue weighted by Gasteiger charge is -2.46. The van der Waals surface area contributed by atoms with Crippen molar-refractivity contribution in [2.75, 3.05) is 56.7 Å².